The van der Waals surface area contributed by atoms with E-state index in [1.165, 1.54) is 57.7 Å². The minimum Gasteiger partial charge on any atom is -0.464 e. The number of ether oxygens (including phenoxy) is 2. The van der Waals surface area contributed by atoms with Crippen LogP contribution in [-0.4, -0.2) is 50.3 Å². The van der Waals surface area contributed by atoms with Crippen LogP contribution in [0.25, 0.3) is 11.2 Å². The Balaban J connectivity index is 1.31. The van der Waals surface area contributed by atoms with Gasteiger partial charge in [0.15, 0.2) is 17.0 Å². The second kappa shape index (κ2) is 21.6. The highest BCUT2D eigenvalue weighted by Crippen LogP contribution is 2.48. The lowest BCUT2D eigenvalue weighted by atomic mass is 9.95. The number of nitrogens with one attached hydrogen (secondary N) is 1. The van der Waals surface area contributed by atoms with E-state index in [2.05, 4.69) is 33.9 Å². The summed E-state index contributed by atoms with van der Waals surface area (Å²) in [6.45, 7) is 6.42. The Hall–Kier alpha value is -3.90. The van der Waals surface area contributed by atoms with Crippen molar-refractivity contribution in [3.63, 3.8) is 0 Å². The van der Waals surface area contributed by atoms with Gasteiger partial charge in [-0.15, -0.1) is 0 Å². The fourth-order valence-electron chi connectivity index (χ4n) is 7.14. The molecule has 2 aromatic heterocycles. The smallest absolute Gasteiger partial charge is 0.459 e. The number of rotatable bonds is 25. The summed E-state index contributed by atoms with van der Waals surface area (Å²) >= 11 is 0. The number of anilines is 1. The molecule has 0 bridgehead atoms. The third-order valence-corrected chi connectivity index (χ3v) is 11.9. The van der Waals surface area contributed by atoms with E-state index in [4.69, 9.17) is 24.3 Å². The fraction of sp³-hybridized carbons (Fsp3) is 0.571. The van der Waals surface area contributed by atoms with Crippen LogP contribution in [-0.2, 0) is 29.8 Å². The first-order chi connectivity index (χ1) is 27.1. The number of nitrogens with two attached hydrogens (primary N) is 1. The van der Waals surface area contributed by atoms with Crippen LogP contribution in [0.3, 0.4) is 0 Å². The van der Waals surface area contributed by atoms with E-state index in [-0.39, 0.29) is 35.9 Å². The second-order valence-corrected chi connectivity index (χ2v) is 16.9. The minimum atomic E-state index is -4.26. The Labute approximate surface area is 331 Å². The highest BCUT2D eigenvalue weighted by atomic mass is 31.2. The normalized spacial score (nSPS) is 18.6. The molecule has 1 unspecified atom stereocenters. The molecule has 5 rings (SSSR count). The molecule has 1 saturated heterocycles. The van der Waals surface area contributed by atoms with Crippen molar-refractivity contribution in [2.75, 3.05) is 18.9 Å². The number of hydrogen-bond donors (Lipinski definition) is 2. The molecule has 1 aliphatic rings. The van der Waals surface area contributed by atoms with E-state index < -0.39 is 37.7 Å². The van der Waals surface area contributed by atoms with E-state index in [0.717, 1.165) is 31.2 Å². The van der Waals surface area contributed by atoms with Crippen LogP contribution in [0, 0.1) is 12.0 Å². The first-order valence-corrected chi connectivity index (χ1v) is 22.0. The first-order valence-electron chi connectivity index (χ1n) is 20.4. The maximum absolute atomic E-state index is 14.8. The number of para-hydroxylation sites is 1. The summed E-state index contributed by atoms with van der Waals surface area (Å²) in [7, 11) is -4.26. The number of halogens is 1. The van der Waals surface area contributed by atoms with Crippen molar-refractivity contribution in [1.29, 1.82) is 0 Å². The van der Waals surface area contributed by atoms with Gasteiger partial charge in [-0.3, -0.25) is 13.9 Å². The Bertz CT molecular complexity index is 1820. The summed E-state index contributed by atoms with van der Waals surface area (Å²) in [6, 6.07) is 17.2. The standard InChI is InChI=1S/C42H60FN6O6P/c1-4-6-8-10-14-22-33(23-15-11-9-7-5-2)29-52-40(50)35(28-32-20-16-12-17-21-32)48-56(51,55-34-24-18-13-19-25-34)53-30-42(3)27-26-36(54-42)49-31-45-37-38(44)46-41(43)47-39(37)49/h12-13,16-21,24-25,31,33,35-36H,4-11,14-15,22-23,26-30H2,1-3H3,(H,48,51)(H2,44,46,47)/t35-,36+,42-,56?/m0/s1. The Morgan fingerprint density at radius 2 is 1.62 bits per heavy atom. The van der Waals surface area contributed by atoms with Crippen molar-refractivity contribution in [2.45, 2.75) is 135 Å². The minimum absolute atomic E-state index is 0.0654. The number of aromatic nitrogens is 4. The van der Waals surface area contributed by atoms with Crippen LogP contribution < -0.4 is 15.3 Å². The number of imidazole rings is 1. The van der Waals surface area contributed by atoms with Crippen LogP contribution in [0.4, 0.5) is 10.2 Å². The summed E-state index contributed by atoms with van der Waals surface area (Å²) in [5.74, 6) is -0.0203. The molecule has 4 aromatic rings. The van der Waals surface area contributed by atoms with Gasteiger partial charge in [0.25, 0.3) is 0 Å². The fourth-order valence-corrected chi connectivity index (χ4v) is 8.74. The topological polar surface area (TPSA) is 153 Å². The number of unbranched alkanes of at least 4 members (excludes halogenated alkanes) is 8. The third-order valence-electron chi connectivity index (χ3n) is 10.4. The van der Waals surface area contributed by atoms with Crippen LogP contribution in [0.15, 0.2) is 67.0 Å². The zero-order valence-corrected chi connectivity index (χ0v) is 34.1. The predicted molar refractivity (Wildman–Crippen MR) is 216 cm³/mol. The van der Waals surface area contributed by atoms with Crippen LogP contribution in [0.2, 0.25) is 0 Å². The maximum atomic E-state index is 14.8. The number of nitrogens with zero attached hydrogens (tertiary/aromatic N) is 4. The SMILES string of the molecule is CCCCCCCC(CCCCCCC)COC(=O)[C@H](Cc1ccccc1)NP(=O)(OC[C@]1(C)CC[C@H](n2cnc3c(N)nc(F)nc32)O1)Oc1ccccc1. The number of carbonyl (C=O) groups excluding carboxylic acids is 1. The van der Waals surface area contributed by atoms with Gasteiger partial charge < -0.3 is 19.7 Å². The van der Waals surface area contributed by atoms with Crippen LogP contribution in [0.1, 0.15) is 122 Å². The number of nitrogen functional groups attached to an aromatic ring is 1. The molecule has 56 heavy (non-hydrogen) atoms. The molecule has 0 amide bonds. The zero-order chi connectivity index (χ0) is 39.8. The molecule has 3 N–H and O–H groups in total. The first kappa shape index (κ1) is 43.2. The van der Waals surface area contributed by atoms with E-state index in [1.807, 2.05) is 43.3 Å². The molecule has 14 heteroatoms. The van der Waals surface area contributed by atoms with Crippen molar-refractivity contribution in [1.82, 2.24) is 24.6 Å². The Kier molecular flexibility index (Phi) is 16.7. The number of esters is 1. The Morgan fingerprint density at radius 3 is 2.29 bits per heavy atom. The monoisotopic (exact) mass is 794 g/mol. The molecule has 4 atom stereocenters. The van der Waals surface area contributed by atoms with Gasteiger partial charge in [-0.1, -0.05) is 127 Å². The van der Waals surface area contributed by atoms with Crippen LogP contribution in [0.5, 0.6) is 5.75 Å². The molecule has 306 valence electrons. The van der Waals surface area contributed by atoms with Gasteiger partial charge in [-0.2, -0.15) is 19.4 Å². The van der Waals surface area contributed by atoms with E-state index in [0.29, 0.717) is 25.2 Å². The van der Waals surface area contributed by atoms with Crippen molar-refractivity contribution in [3.05, 3.63) is 78.6 Å². The summed E-state index contributed by atoms with van der Waals surface area (Å²) in [6.07, 6.45) is 15.0. The van der Waals surface area contributed by atoms with Gasteiger partial charge in [0, 0.05) is 0 Å². The van der Waals surface area contributed by atoms with Gasteiger partial charge in [0.05, 0.1) is 25.1 Å². The van der Waals surface area contributed by atoms with Gasteiger partial charge >= 0.3 is 19.8 Å². The molecule has 0 saturated carbocycles. The van der Waals surface area contributed by atoms with Gasteiger partial charge in [0.2, 0.25) is 0 Å². The lowest BCUT2D eigenvalue weighted by Gasteiger charge is -2.29. The lowest BCUT2D eigenvalue weighted by Crippen LogP contribution is -2.41. The highest BCUT2D eigenvalue weighted by Gasteiger charge is 2.42. The number of benzene rings is 2. The van der Waals surface area contributed by atoms with Crippen LogP contribution >= 0.6 is 7.75 Å². The molecule has 1 aliphatic heterocycles. The predicted octanol–water partition coefficient (Wildman–Crippen LogP) is 9.90. The summed E-state index contributed by atoms with van der Waals surface area (Å²) in [5.41, 5.74) is 6.28. The van der Waals surface area contributed by atoms with E-state index >= 15 is 0 Å². The van der Waals surface area contributed by atoms with Crippen molar-refractivity contribution in [3.8, 4) is 5.75 Å². The average Bonchev–Trinajstić information content (AvgIpc) is 3.80. The number of fused-ring (bicyclic) bond motifs is 1. The third kappa shape index (κ3) is 13.1. The summed E-state index contributed by atoms with van der Waals surface area (Å²) < 4.78 is 55.3. The van der Waals surface area contributed by atoms with Crippen molar-refractivity contribution >= 4 is 30.7 Å². The molecule has 12 nitrogen and oxygen atoms in total. The zero-order valence-electron chi connectivity index (χ0n) is 33.2. The summed E-state index contributed by atoms with van der Waals surface area (Å²) in [5, 5.41) is 2.99. The second-order valence-electron chi connectivity index (χ2n) is 15.2. The molecule has 1 fully saturated rings. The lowest BCUT2D eigenvalue weighted by molar-refractivity contribution is -0.147. The molecular formula is C42H60FN6O6P. The molecular weight excluding hydrogens is 734 g/mol. The summed E-state index contributed by atoms with van der Waals surface area (Å²) in [4.78, 5) is 25.8. The average molecular weight is 795 g/mol. The molecule has 2 aromatic carbocycles. The molecule has 0 radical (unpaired) electrons. The van der Waals surface area contributed by atoms with E-state index in [9.17, 15) is 13.8 Å². The number of carbonyl (C=O) groups is 1. The quantitative estimate of drug-likeness (QED) is 0.0285. The van der Waals surface area contributed by atoms with Gasteiger partial charge in [0.1, 0.15) is 18.0 Å². The highest BCUT2D eigenvalue weighted by molar-refractivity contribution is 7.52. The molecule has 0 spiro atoms. The molecule has 0 aliphatic carbocycles. The van der Waals surface area contributed by atoms with Gasteiger partial charge in [-0.25, -0.2) is 9.55 Å². The molecule has 3 heterocycles. The Morgan fingerprint density at radius 1 is 0.982 bits per heavy atom. The maximum Gasteiger partial charge on any atom is 0.459 e. The largest absolute Gasteiger partial charge is 0.464 e. The van der Waals surface area contributed by atoms with E-state index in [1.54, 1.807) is 28.8 Å². The van der Waals surface area contributed by atoms with Crippen molar-refractivity contribution < 1.29 is 32.3 Å². The number of hydrogen-bond acceptors (Lipinski definition) is 10. The van der Waals surface area contributed by atoms with Crippen molar-refractivity contribution in [2.24, 2.45) is 5.92 Å². The van der Waals surface area contributed by atoms with Gasteiger partial charge in [-0.05, 0) is 62.6 Å².